The zero-order valence-electron chi connectivity index (χ0n) is 79.5. The molecule has 0 aromatic rings. The Morgan fingerprint density at radius 1 is 0.443 bits per heavy atom. The molecule has 4 aliphatic carbocycles. The van der Waals surface area contributed by atoms with E-state index in [2.05, 4.69) is 97.0 Å². The molecule has 28 nitrogen and oxygen atoms in total. The first-order valence-electron chi connectivity index (χ1n) is 48.4. The summed E-state index contributed by atoms with van der Waals surface area (Å²) in [6.45, 7) is 23.9. The van der Waals surface area contributed by atoms with Crippen LogP contribution >= 0.6 is 61.2 Å². The standard InChI is InChI=1S/C50H76O14.C50H74O14.I2.HI/c2*1-27-13-12-16-34-26-57-47-42(51)30(4)21-37(50(34,47)54)48(53)60-36-22-35(63-49(25-36)20-19-29(3)45(64-49)33-14-10-9-11-15-33)18-17-28(2)44(27)61-41-24-39(56-8)46(32(6)59-41)62-40-23-38(55-7)43(52)31(5)58-40;1-2;/h12-13,16-17,21,27,29,31-33,35-47,51-52,54H,9-11,14-15,18-20,22-26H2,1-8H3;12-13,16-17,19-21,27,29,31-33,35-47,51-52,54H,9-11,14-15,18,22-26H2,1-8H3;;1H/b2*13-12+,28-17+,34-16+;;/t2*27-,29-,31?,32?,35+,36-,37-,38+,39+,40-,41-,42?,43-,44-,45-,46-,47+,49?,50+;;/m00../s1. The highest BCUT2D eigenvalue weighted by atomic mass is 128. The lowest BCUT2D eigenvalue weighted by Gasteiger charge is -2.51. The first-order chi connectivity index (χ1) is 62.2. The van der Waals surface area contributed by atoms with Crippen molar-refractivity contribution in [3.63, 3.8) is 0 Å². The van der Waals surface area contributed by atoms with E-state index < -0.39 is 182 Å². The first kappa shape index (κ1) is 106. The zero-order chi connectivity index (χ0) is 93.0. The van der Waals surface area contributed by atoms with E-state index in [1.165, 1.54) is 38.5 Å². The summed E-state index contributed by atoms with van der Waals surface area (Å²) in [5.41, 5.74) is 0.387. The third-order valence-corrected chi connectivity index (χ3v) is 31.3. The molecule has 12 aliphatic heterocycles. The van der Waals surface area contributed by atoms with Crippen molar-refractivity contribution in [2.75, 3.05) is 41.7 Å². The van der Waals surface area contributed by atoms with Crippen LogP contribution in [0.5, 0.6) is 0 Å². The number of carbonyl (C=O) groups is 2. The molecule has 740 valence electrons. The van der Waals surface area contributed by atoms with Crippen LogP contribution in [0.25, 0.3) is 0 Å². The molecule has 6 N–H and O–H groups in total. The maximum atomic E-state index is 14.5. The molecule has 11 fully saturated rings. The molecular weight excluding hydrogens is 2030 g/mol. The van der Waals surface area contributed by atoms with Crippen molar-refractivity contribution in [2.45, 2.75) is 419 Å². The first-order valence-corrected chi connectivity index (χ1v) is 54.7. The van der Waals surface area contributed by atoms with Gasteiger partial charge in [0.2, 0.25) is 0 Å². The van der Waals surface area contributed by atoms with Crippen LogP contribution in [0, 0.1) is 47.3 Å². The molecule has 2 saturated carbocycles. The summed E-state index contributed by atoms with van der Waals surface area (Å²) in [5, 5.41) is 68.7. The number of esters is 2. The van der Waals surface area contributed by atoms with Crippen LogP contribution in [0.1, 0.15) is 224 Å². The SMILES string of the molecule is CO[C@@H]1C[C@H](O[C@H]2C(C)O[C@@H](O[C@@H]3/C(C)=C/C[C@@H]4C[C@@H](CC5(C=C[C@H](C)[C@@H](C6CCCCC6)O5)O4)OC(=O)[C@@H]4C=C(C)C(O)[C@H]5OC/C(=C\C=C\[C@@H]3C)[C@]54O)C[C@H]2OC)OC(C)[C@@H]1O.CO[C@@H]1C[C@H](O[C@H]2C(C)O[C@@H](O[C@@H]3/C(C)=C/C[C@@H]4C[C@@H](CC5(CC[C@H](C)[C@@H](C6CCCCC6)O5)O4)OC(=O)[C@@H]4C=C(C)C(O)[C@H]5OC/C(=C\C=C\[C@@H]3C)[C@]54O)C[C@H]2OC)OC(C)[C@@H]1O.I.II. The van der Waals surface area contributed by atoms with Crippen LogP contribution in [-0.4, -0.2) is 279 Å². The molecule has 38 atom stereocenters. The van der Waals surface area contributed by atoms with Crippen LogP contribution < -0.4 is 0 Å². The third-order valence-electron chi connectivity index (χ3n) is 31.3. The highest BCUT2D eigenvalue weighted by Crippen LogP contribution is 2.53. The molecule has 31 heteroatoms. The Morgan fingerprint density at radius 2 is 0.855 bits per heavy atom. The summed E-state index contributed by atoms with van der Waals surface area (Å²) in [6, 6.07) is 0. The van der Waals surface area contributed by atoms with Crippen molar-refractivity contribution in [3.05, 3.63) is 106 Å². The minimum absolute atomic E-state index is 0. The topological polar surface area (TPSA) is 340 Å². The number of rotatable bonds is 14. The van der Waals surface area contributed by atoms with Crippen molar-refractivity contribution >= 4 is 73.1 Å². The van der Waals surface area contributed by atoms with Crippen LogP contribution in [0.4, 0.5) is 0 Å². The van der Waals surface area contributed by atoms with Crippen LogP contribution in [0.15, 0.2) is 106 Å². The van der Waals surface area contributed by atoms with E-state index in [1.54, 1.807) is 80.4 Å². The van der Waals surface area contributed by atoms with Crippen molar-refractivity contribution in [3.8, 4) is 0 Å². The summed E-state index contributed by atoms with van der Waals surface area (Å²) in [6.07, 6.45) is 25.7. The van der Waals surface area contributed by atoms with Gasteiger partial charge in [-0.05, 0) is 158 Å². The molecule has 12 heterocycles. The van der Waals surface area contributed by atoms with Gasteiger partial charge in [-0.15, -0.1) is 24.0 Å². The average Bonchev–Trinajstić information content (AvgIpc) is 1.72. The Bertz CT molecular complexity index is 4050. The molecule has 9 saturated heterocycles. The second-order valence-corrected chi connectivity index (χ2v) is 40.3. The fraction of sp³-hybridized carbons (Fsp3) is 0.800. The normalized spacial score (nSPS) is 48.2. The van der Waals surface area contributed by atoms with Gasteiger partial charge in [0.1, 0.15) is 84.1 Å². The van der Waals surface area contributed by atoms with Gasteiger partial charge in [0.15, 0.2) is 36.7 Å². The monoisotopic (exact) mass is 2180 g/mol. The zero-order valence-corrected chi connectivity index (χ0v) is 86.2. The maximum Gasteiger partial charge on any atom is 0.316 e. The molecule has 16 rings (SSSR count). The Labute approximate surface area is 816 Å². The predicted octanol–water partition coefficient (Wildman–Crippen LogP) is 14.4. The number of carbonyl (C=O) groups excluding carboxylic acids is 2. The minimum Gasteiger partial charge on any atom is -0.462 e. The van der Waals surface area contributed by atoms with Crippen molar-refractivity contribution in [2.24, 2.45) is 47.3 Å². The van der Waals surface area contributed by atoms with Gasteiger partial charge in [-0.2, -0.15) is 0 Å². The van der Waals surface area contributed by atoms with E-state index in [0.717, 1.165) is 43.3 Å². The second kappa shape index (κ2) is 46.7. The Morgan fingerprint density at radius 3 is 1.31 bits per heavy atom. The van der Waals surface area contributed by atoms with Gasteiger partial charge in [0.25, 0.3) is 0 Å². The Kier molecular flexibility index (Phi) is 37.8. The lowest BCUT2D eigenvalue weighted by Crippen LogP contribution is -2.58. The average molecular weight is 2180 g/mol. The maximum absolute atomic E-state index is 14.5. The fourth-order valence-corrected chi connectivity index (χ4v) is 23.8. The highest BCUT2D eigenvalue weighted by Gasteiger charge is 2.63. The lowest BCUT2D eigenvalue weighted by molar-refractivity contribution is -0.342. The van der Waals surface area contributed by atoms with Gasteiger partial charge < -0.3 is 125 Å². The smallest absolute Gasteiger partial charge is 0.316 e. The predicted molar refractivity (Wildman–Crippen MR) is 512 cm³/mol. The summed E-state index contributed by atoms with van der Waals surface area (Å²) >= 11 is 4.24. The highest BCUT2D eigenvalue weighted by molar-refractivity contribution is 15.0. The Balaban J connectivity index is 0.000000217. The van der Waals surface area contributed by atoms with Gasteiger partial charge >= 0.3 is 11.9 Å². The molecule has 0 amide bonds. The molecule has 8 unspecified atom stereocenters. The summed E-state index contributed by atoms with van der Waals surface area (Å²) in [7, 11) is 6.47. The van der Waals surface area contributed by atoms with Crippen LogP contribution in [0.3, 0.4) is 0 Å². The summed E-state index contributed by atoms with van der Waals surface area (Å²) < 4.78 is 129. The lowest BCUT2D eigenvalue weighted by atomic mass is 9.71. The largest absolute Gasteiger partial charge is 0.462 e. The number of ether oxygens (including phenoxy) is 20. The van der Waals surface area contributed by atoms with Gasteiger partial charge in [0, 0.05) is 141 Å². The number of aliphatic hydroxyl groups is 6. The molecule has 131 heavy (non-hydrogen) atoms. The molecular formula is C100H151I3O28. The quantitative estimate of drug-likeness (QED) is 0.0534. The van der Waals surface area contributed by atoms with Crippen LogP contribution in [0.2, 0.25) is 0 Å². The van der Waals surface area contributed by atoms with Crippen molar-refractivity contribution in [1.29, 1.82) is 0 Å². The van der Waals surface area contributed by atoms with Gasteiger partial charge in [0.05, 0.1) is 98.7 Å². The molecule has 16 aliphatic rings. The molecule has 0 radical (unpaired) electrons. The van der Waals surface area contributed by atoms with Crippen LogP contribution in [-0.2, 0) is 104 Å². The van der Waals surface area contributed by atoms with E-state index in [9.17, 15) is 40.2 Å². The number of aliphatic hydroxyl groups excluding tert-OH is 4. The van der Waals surface area contributed by atoms with Gasteiger partial charge in [-0.25, -0.2) is 0 Å². The van der Waals surface area contributed by atoms with Gasteiger partial charge in [-0.1, -0.05) is 133 Å². The number of fused-ring (bicyclic) bond motifs is 4. The van der Waals surface area contributed by atoms with E-state index in [0.29, 0.717) is 111 Å². The van der Waals surface area contributed by atoms with E-state index in [-0.39, 0.29) is 91.6 Å². The van der Waals surface area contributed by atoms with E-state index >= 15 is 0 Å². The number of hydrogen-bond donors (Lipinski definition) is 6. The molecule has 0 aromatic carbocycles. The molecule has 0 aromatic heterocycles. The summed E-state index contributed by atoms with van der Waals surface area (Å²) in [5.74, 6) is -4.18. The Hall–Kier alpha value is -2.17. The second-order valence-electron chi connectivity index (χ2n) is 40.3. The fourth-order valence-electron chi connectivity index (χ4n) is 23.8. The number of methoxy groups -OCH3 is 4. The number of halogens is 3. The minimum atomic E-state index is -1.83. The van der Waals surface area contributed by atoms with E-state index in [4.69, 9.17) is 94.7 Å². The van der Waals surface area contributed by atoms with Crippen molar-refractivity contribution < 1.29 is 135 Å². The number of allylic oxidation sites excluding steroid dienone is 4. The van der Waals surface area contributed by atoms with E-state index in [1.807, 2.05) is 44.2 Å². The summed E-state index contributed by atoms with van der Waals surface area (Å²) in [4.78, 5) is 28.9. The molecule has 2 spiro atoms. The molecule has 4 bridgehead atoms. The number of hydrogen-bond acceptors (Lipinski definition) is 28. The van der Waals surface area contributed by atoms with Crippen molar-refractivity contribution in [1.82, 2.24) is 0 Å². The van der Waals surface area contributed by atoms with Gasteiger partial charge in [-0.3, -0.25) is 9.59 Å². The third kappa shape index (κ3) is 23.8.